The lowest BCUT2D eigenvalue weighted by Gasteiger charge is -2.22. The highest BCUT2D eigenvalue weighted by molar-refractivity contribution is 7.14. The van der Waals surface area contributed by atoms with Crippen LogP contribution in [-0.2, 0) is 0 Å². The van der Waals surface area contributed by atoms with Gasteiger partial charge in [-0.1, -0.05) is 18.2 Å². The summed E-state index contributed by atoms with van der Waals surface area (Å²) in [7, 11) is 0. The fourth-order valence-corrected chi connectivity index (χ4v) is 4.21. The van der Waals surface area contributed by atoms with Crippen LogP contribution in [-0.4, -0.2) is 23.3 Å². The number of nitrogens with zero attached hydrogens (tertiary/aromatic N) is 1. The number of benzene rings is 1. The summed E-state index contributed by atoms with van der Waals surface area (Å²) in [5.74, 6) is 0.514. The van der Waals surface area contributed by atoms with Gasteiger partial charge in [-0.05, 0) is 43.2 Å². The molecule has 6 nitrogen and oxygen atoms in total. The van der Waals surface area contributed by atoms with Crippen LogP contribution in [0.3, 0.4) is 0 Å². The van der Waals surface area contributed by atoms with Crippen molar-refractivity contribution < 1.29 is 18.7 Å². The van der Waals surface area contributed by atoms with Crippen molar-refractivity contribution in [1.82, 2.24) is 4.90 Å². The third-order valence-corrected chi connectivity index (χ3v) is 5.67. The number of nitrogens with two attached hydrogens (primary N) is 1. The Bertz CT molecular complexity index is 963. The molecule has 0 unspecified atom stereocenters. The van der Waals surface area contributed by atoms with Gasteiger partial charge in [-0.15, -0.1) is 11.3 Å². The third kappa shape index (κ3) is 3.59. The second-order valence-corrected chi connectivity index (χ2v) is 7.37. The van der Waals surface area contributed by atoms with E-state index in [0.29, 0.717) is 17.2 Å². The number of ether oxygens (including phenoxy) is 1. The van der Waals surface area contributed by atoms with E-state index in [9.17, 15) is 9.59 Å². The zero-order valence-electron chi connectivity index (χ0n) is 14.5. The van der Waals surface area contributed by atoms with E-state index in [1.54, 1.807) is 23.1 Å². The van der Waals surface area contributed by atoms with Crippen LogP contribution in [0.4, 0.5) is 0 Å². The molecule has 1 aromatic carbocycles. The van der Waals surface area contributed by atoms with E-state index in [0.717, 1.165) is 17.7 Å². The Labute approximate surface area is 160 Å². The molecule has 2 aromatic heterocycles. The summed E-state index contributed by atoms with van der Waals surface area (Å²) in [4.78, 5) is 27.5. The van der Waals surface area contributed by atoms with Crippen LogP contribution >= 0.6 is 11.3 Å². The van der Waals surface area contributed by atoms with Crippen LogP contribution in [0.15, 0.2) is 59.0 Å². The van der Waals surface area contributed by atoms with Gasteiger partial charge in [-0.2, -0.15) is 0 Å². The van der Waals surface area contributed by atoms with Crippen LogP contribution in [0.2, 0.25) is 0 Å². The highest BCUT2D eigenvalue weighted by Crippen LogP contribution is 2.37. The molecule has 2 amide bonds. The zero-order valence-corrected chi connectivity index (χ0v) is 15.3. The van der Waals surface area contributed by atoms with Gasteiger partial charge in [0.05, 0.1) is 10.9 Å². The molecular formula is C20H18N2O4S. The van der Waals surface area contributed by atoms with Crippen molar-refractivity contribution in [3.05, 3.63) is 70.1 Å². The molecule has 3 aromatic rings. The number of carbonyl (C=O) groups is 2. The number of para-hydroxylation sites is 1. The molecule has 1 atom stereocenters. The number of thiophene rings is 1. The molecule has 2 N–H and O–H groups in total. The minimum absolute atomic E-state index is 0.0702. The monoisotopic (exact) mass is 382 g/mol. The van der Waals surface area contributed by atoms with E-state index in [2.05, 4.69) is 0 Å². The summed E-state index contributed by atoms with van der Waals surface area (Å²) in [6.07, 6.45) is 1.74. The molecule has 138 valence electrons. The number of hydrogen-bond acceptors (Lipinski definition) is 5. The first-order valence-electron chi connectivity index (χ1n) is 8.65. The van der Waals surface area contributed by atoms with Crippen LogP contribution in [0.25, 0.3) is 0 Å². The van der Waals surface area contributed by atoms with Gasteiger partial charge in [-0.25, -0.2) is 0 Å². The number of likely N-dealkylation sites (tertiary alicyclic amines) is 1. The smallest absolute Gasteiger partial charge is 0.290 e. The summed E-state index contributed by atoms with van der Waals surface area (Å²) in [6, 6.07) is 16.0. The number of hydrogen-bond donors (Lipinski definition) is 1. The Kier molecular flexibility index (Phi) is 4.68. The molecule has 1 aliphatic heterocycles. The Morgan fingerprint density at radius 1 is 1.11 bits per heavy atom. The minimum Gasteiger partial charge on any atom is -0.426 e. The average Bonchev–Trinajstić information content (AvgIpc) is 3.41. The molecular weight excluding hydrogens is 364 g/mol. The van der Waals surface area contributed by atoms with Crippen molar-refractivity contribution in [3.63, 3.8) is 0 Å². The minimum atomic E-state index is -0.448. The number of rotatable bonds is 5. The van der Waals surface area contributed by atoms with Crippen LogP contribution in [0.5, 0.6) is 11.7 Å². The van der Waals surface area contributed by atoms with Gasteiger partial charge in [0.15, 0.2) is 5.76 Å². The summed E-state index contributed by atoms with van der Waals surface area (Å²) < 4.78 is 11.2. The predicted octanol–water partition coefficient (Wildman–Crippen LogP) is 4.21. The number of carbonyl (C=O) groups excluding carboxylic acids is 2. The molecule has 1 saturated heterocycles. The van der Waals surface area contributed by atoms with E-state index in [4.69, 9.17) is 14.9 Å². The molecule has 0 aliphatic carbocycles. The fraction of sp³-hybridized carbons (Fsp3) is 0.200. The lowest BCUT2D eigenvalue weighted by atomic mass is 10.2. The number of primary amides is 1. The molecule has 7 heteroatoms. The van der Waals surface area contributed by atoms with Gasteiger partial charge < -0.3 is 19.8 Å². The molecule has 0 bridgehead atoms. The van der Waals surface area contributed by atoms with Crippen LogP contribution < -0.4 is 10.5 Å². The Balaban J connectivity index is 1.50. The van der Waals surface area contributed by atoms with E-state index >= 15 is 0 Å². The molecule has 0 radical (unpaired) electrons. The van der Waals surface area contributed by atoms with Crippen molar-refractivity contribution in [3.8, 4) is 11.7 Å². The maximum absolute atomic E-state index is 12.9. The van der Waals surface area contributed by atoms with Gasteiger partial charge >= 0.3 is 0 Å². The van der Waals surface area contributed by atoms with Gasteiger partial charge in [0.25, 0.3) is 17.8 Å². The second kappa shape index (κ2) is 7.28. The van der Waals surface area contributed by atoms with Gasteiger partial charge in [0.1, 0.15) is 5.75 Å². The topological polar surface area (TPSA) is 85.8 Å². The standard InChI is InChI=1S/C20H18N2O4S/c21-19(23)17-10-9-16(27-17)14-7-4-12-22(14)20(24)15-8-11-18(26-15)25-13-5-2-1-3-6-13/h1-3,5-6,8-11,14H,4,7,12H2,(H2,21,23)/t14-/m0/s1. The maximum atomic E-state index is 12.9. The largest absolute Gasteiger partial charge is 0.426 e. The Morgan fingerprint density at radius 3 is 2.67 bits per heavy atom. The lowest BCUT2D eigenvalue weighted by molar-refractivity contribution is 0.0700. The van der Waals surface area contributed by atoms with Gasteiger partial charge in [0, 0.05) is 17.5 Å². The first-order valence-corrected chi connectivity index (χ1v) is 9.47. The Hall–Kier alpha value is -3.06. The number of amides is 2. The SMILES string of the molecule is NC(=O)c1ccc([C@@H]2CCCN2C(=O)c2ccc(Oc3ccccc3)o2)s1. The first kappa shape index (κ1) is 17.4. The van der Waals surface area contributed by atoms with E-state index in [1.165, 1.54) is 11.3 Å². The second-order valence-electron chi connectivity index (χ2n) is 6.26. The predicted molar refractivity (Wildman–Crippen MR) is 101 cm³/mol. The zero-order chi connectivity index (χ0) is 18.8. The highest BCUT2D eigenvalue weighted by atomic mass is 32.1. The van der Waals surface area contributed by atoms with Crippen LogP contribution in [0.1, 0.15) is 44.0 Å². The molecule has 1 aliphatic rings. The van der Waals surface area contributed by atoms with E-state index in [1.807, 2.05) is 36.4 Å². The summed E-state index contributed by atoms with van der Waals surface area (Å²) in [5.41, 5.74) is 5.34. The van der Waals surface area contributed by atoms with Crippen molar-refractivity contribution in [1.29, 1.82) is 0 Å². The number of furan rings is 1. The normalized spacial score (nSPS) is 16.4. The Morgan fingerprint density at radius 2 is 1.93 bits per heavy atom. The van der Waals surface area contributed by atoms with Crippen molar-refractivity contribution in [2.75, 3.05) is 6.54 Å². The van der Waals surface area contributed by atoms with Gasteiger partial charge in [0.2, 0.25) is 0 Å². The molecule has 0 saturated carbocycles. The molecule has 4 rings (SSSR count). The van der Waals surface area contributed by atoms with Crippen molar-refractivity contribution >= 4 is 23.2 Å². The quantitative estimate of drug-likeness (QED) is 0.716. The third-order valence-electron chi connectivity index (χ3n) is 4.47. The summed E-state index contributed by atoms with van der Waals surface area (Å²) in [6.45, 7) is 0.642. The van der Waals surface area contributed by atoms with E-state index in [-0.39, 0.29) is 23.7 Å². The van der Waals surface area contributed by atoms with Crippen molar-refractivity contribution in [2.24, 2.45) is 5.73 Å². The maximum Gasteiger partial charge on any atom is 0.290 e. The van der Waals surface area contributed by atoms with Gasteiger partial charge in [-0.3, -0.25) is 9.59 Å². The first-order chi connectivity index (χ1) is 13.1. The highest BCUT2D eigenvalue weighted by Gasteiger charge is 2.33. The molecule has 3 heterocycles. The summed E-state index contributed by atoms with van der Waals surface area (Å²) >= 11 is 1.34. The molecule has 0 spiro atoms. The average molecular weight is 382 g/mol. The lowest BCUT2D eigenvalue weighted by Crippen LogP contribution is -2.29. The van der Waals surface area contributed by atoms with E-state index < -0.39 is 5.91 Å². The van der Waals surface area contributed by atoms with Crippen LogP contribution in [0, 0.1) is 0 Å². The summed E-state index contributed by atoms with van der Waals surface area (Å²) in [5, 5.41) is 0. The van der Waals surface area contributed by atoms with Crippen molar-refractivity contribution in [2.45, 2.75) is 18.9 Å². The fourth-order valence-electron chi connectivity index (χ4n) is 3.21. The molecule has 1 fully saturated rings. The molecule has 27 heavy (non-hydrogen) atoms.